The van der Waals surface area contributed by atoms with Crippen molar-refractivity contribution < 1.29 is 22.6 Å². The second-order valence-corrected chi connectivity index (χ2v) is 7.70. The molecule has 31 heavy (non-hydrogen) atoms. The Kier molecular flexibility index (Phi) is 7.43. The number of halogens is 3. The number of nitrogens with two attached hydrogens (primary N) is 1. The van der Waals surface area contributed by atoms with E-state index in [9.17, 15) is 13.2 Å². The van der Waals surface area contributed by atoms with Gasteiger partial charge >= 0.3 is 6.18 Å². The number of nitrogens with zero attached hydrogens (tertiary/aromatic N) is 1. The minimum absolute atomic E-state index is 0.284. The number of guanidine groups is 1. The first-order chi connectivity index (χ1) is 14.8. The van der Waals surface area contributed by atoms with Crippen molar-refractivity contribution in [1.82, 2.24) is 5.32 Å². The summed E-state index contributed by atoms with van der Waals surface area (Å²) in [5.74, 6) is 1.08. The van der Waals surface area contributed by atoms with E-state index in [4.69, 9.17) is 15.2 Å². The summed E-state index contributed by atoms with van der Waals surface area (Å²) in [4.78, 5) is 4.47. The van der Waals surface area contributed by atoms with Gasteiger partial charge in [-0.2, -0.15) is 13.2 Å². The molecule has 0 atom stereocenters. The SMILES string of the molecule is COc1ccc(CCNC(N)=NCC2(c3cccc(C(F)(F)F)c3)CCOCC2)cc1. The van der Waals surface area contributed by atoms with Crippen molar-refractivity contribution in [3.63, 3.8) is 0 Å². The van der Waals surface area contributed by atoms with E-state index in [1.165, 1.54) is 12.1 Å². The zero-order valence-corrected chi connectivity index (χ0v) is 17.5. The molecular formula is C23H28F3N3O2. The highest BCUT2D eigenvalue weighted by Crippen LogP contribution is 2.38. The lowest BCUT2D eigenvalue weighted by atomic mass is 9.74. The van der Waals surface area contributed by atoms with Crippen molar-refractivity contribution in [3.8, 4) is 5.75 Å². The number of hydrogen-bond acceptors (Lipinski definition) is 3. The molecule has 3 N–H and O–H groups in total. The molecule has 3 rings (SSSR count). The van der Waals surface area contributed by atoms with Crippen LogP contribution in [0.1, 0.15) is 29.5 Å². The van der Waals surface area contributed by atoms with Crippen molar-refractivity contribution in [2.75, 3.05) is 33.4 Å². The fourth-order valence-corrected chi connectivity index (χ4v) is 3.75. The molecule has 0 aliphatic carbocycles. The second kappa shape index (κ2) is 10.0. The first-order valence-corrected chi connectivity index (χ1v) is 10.2. The van der Waals surface area contributed by atoms with Gasteiger partial charge in [0.05, 0.1) is 19.2 Å². The van der Waals surface area contributed by atoms with Gasteiger partial charge in [-0.15, -0.1) is 0 Å². The third kappa shape index (κ3) is 6.13. The summed E-state index contributed by atoms with van der Waals surface area (Å²) in [6.07, 6.45) is -2.44. The molecule has 2 aromatic rings. The quantitative estimate of drug-likeness (QED) is 0.511. The van der Waals surface area contributed by atoms with Crippen molar-refractivity contribution in [2.24, 2.45) is 10.7 Å². The molecule has 0 saturated carbocycles. The zero-order chi connectivity index (χ0) is 22.3. The predicted octanol–water partition coefficient (Wildman–Crippen LogP) is 3.91. The number of benzene rings is 2. The molecule has 8 heteroatoms. The molecule has 0 aromatic heterocycles. The topological polar surface area (TPSA) is 68.9 Å². The van der Waals surface area contributed by atoms with E-state index in [0.29, 0.717) is 44.7 Å². The second-order valence-electron chi connectivity index (χ2n) is 7.70. The van der Waals surface area contributed by atoms with Gasteiger partial charge in [0, 0.05) is 25.2 Å². The van der Waals surface area contributed by atoms with Crippen LogP contribution in [-0.2, 0) is 22.7 Å². The van der Waals surface area contributed by atoms with Gasteiger partial charge < -0.3 is 20.5 Å². The van der Waals surface area contributed by atoms with Gasteiger partial charge in [0.1, 0.15) is 5.75 Å². The minimum atomic E-state index is -4.38. The highest BCUT2D eigenvalue weighted by Gasteiger charge is 2.37. The van der Waals surface area contributed by atoms with E-state index in [0.717, 1.165) is 23.8 Å². The summed E-state index contributed by atoms with van der Waals surface area (Å²) in [6.45, 7) is 1.87. The average molecular weight is 435 g/mol. The van der Waals surface area contributed by atoms with Gasteiger partial charge in [-0.25, -0.2) is 0 Å². The van der Waals surface area contributed by atoms with E-state index < -0.39 is 17.2 Å². The lowest BCUT2D eigenvalue weighted by Gasteiger charge is -2.37. The average Bonchev–Trinajstić information content (AvgIpc) is 2.78. The smallest absolute Gasteiger partial charge is 0.416 e. The Morgan fingerprint density at radius 1 is 1.16 bits per heavy atom. The monoisotopic (exact) mass is 435 g/mol. The van der Waals surface area contributed by atoms with Crippen LogP contribution in [0.25, 0.3) is 0 Å². The van der Waals surface area contributed by atoms with E-state index in [1.807, 2.05) is 24.3 Å². The van der Waals surface area contributed by atoms with Crippen LogP contribution in [0.15, 0.2) is 53.5 Å². The van der Waals surface area contributed by atoms with Crippen LogP contribution in [0.2, 0.25) is 0 Å². The fraction of sp³-hybridized carbons (Fsp3) is 0.435. The Morgan fingerprint density at radius 2 is 1.87 bits per heavy atom. The van der Waals surface area contributed by atoms with E-state index >= 15 is 0 Å². The van der Waals surface area contributed by atoms with Crippen LogP contribution >= 0.6 is 0 Å². The lowest BCUT2D eigenvalue weighted by Crippen LogP contribution is -2.39. The minimum Gasteiger partial charge on any atom is -0.497 e. The van der Waals surface area contributed by atoms with Gasteiger partial charge in [0.15, 0.2) is 5.96 Å². The van der Waals surface area contributed by atoms with Gasteiger partial charge in [0.2, 0.25) is 0 Å². The summed E-state index contributed by atoms with van der Waals surface area (Å²) in [5.41, 5.74) is 6.63. The predicted molar refractivity (Wildman–Crippen MR) is 114 cm³/mol. The summed E-state index contributed by atoms with van der Waals surface area (Å²) >= 11 is 0. The van der Waals surface area contributed by atoms with E-state index in [1.54, 1.807) is 13.2 Å². The zero-order valence-electron chi connectivity index (χ0n) is 17.5. The number of nitrogens with one attached hydrogen (secondary N) is 1. The maximum atomic E-state index is 13.2. The van der Waals surface area contributed by atoms with E-state index in [2.05, 4.69) is 10.3 Å². The summed E-state index contributed by atoms with van der Waals surface area (Å²) in [6, 6.07) is 13.3. The normalized spacial score (nSPS) is 16.7. The molecule has 0 bridgehead atoms. The number of methoxy groups -OCH3 is 1. The highest BCUT2D eigenvalue weighted by molar-refractivity contribution is 5.77. The summed E-state index contributed by atoms with van der Waals surface area (Å²) < 4.78 is 50.2. The molecule has 5 nitrogen and oxygen atoms in total. The molecule has 0 spiro atoms. The van der Waals surface area contributed by atoms with Crippen molar-refractivity contribution in [1.29, 1.82) is 0 Å². The number of rotatable bonds is 7. The Morgan fingerprint density at radius 3 is 2.52 bits per heavy atom. The van der Waals surface area contributed by atoms with Crippen LogP contribution < -0.4 is 15.8 Å². The Hall–Kier alpha value is -2.74. The molecule has 0 amide bonds. The molecule has 1 aliphatic heterocycles. The molecule has 0 radical (unpaired) electrons. The highest BCUT2D eigenvalue weighted by atomic mass is 19.4. The summed E-state index contributed by atoms with van der Waals surface area (Å²) in [7, 11) is 1.62. The molecular weight excluding hydrogens is 407 g/mol. The van der Waals surface area contributed by atoms with Crippen molar-refractivity contribution in [2.45, 2.75) is 30.9 Å². The first-order valence-electron chi connectivity index (χ1n) is 10.2. The van der Waals surface area contributed by atoms with Gasteiger partial charge in [-0.3, -0.25) is 4.99 Å². The number of aliphatic imine (C=N–C) groups is 1. The number of hydrogen-bond donors (Lipinski definition) is 2. The maximum absolute atomic E-state index is 13.2. The molecule has 1 aliphatic rings. The Balaban J connectivity index is 1.65. The van der Waals surface area contributed by atoms with Crippen molar-refractivity contribution >= 4 is 5.96 Å². The van der Waals surface area contributed by atoms with Gasteiger partial charge in [0.25, 0.3) is 0 Å². The van der Waals surface area contributed by atoms with Gasteiger partial charge in [-0.1, -0.05) is 30.3 Å². The van der Waals surface area contributed by atoms with Crippen LogP contribution in [0.3, 0.4) is 0 Å². The maximum Gasteiger partial charge on any atom is 0.416 e. The largest absolute Gasteiger partial charge is 0.497 e. The third-order valence-electron chi connectivity index (χ3n) is 5.68. The molecule has 168 valence electrons. The van der Waals surface area contributed by atoms with Crippen LogP contribution in [0, 0.1) is 0 Å². The third-order valence-corrected chi connectivity index (χ3v) is 5.68. The molecule has 1 saturated heterocycles. The van der Waals surface area contributed by atoms with Crippen LogP contribution in [-0.4, -0.2) is 39.4 Å². The van der Waals surface area contributed by atoms with Gasteiger partial charge in [-0.05, 0) is 48.6 Å². The molecule has 1 heterocycles. The van der Waals surface area contributed by atoms with Crippen LogP contribution in [0.5, 0.6) is 5.75 Å². The number of alkyl halides is 3. The summed E-state index contributed by atoms with van der Waals surface area (Å²) in [5, 5.41) is 3.09. The Labute approximate surface area is 180 Å². The molecule has 1 fully saturated rings. The van der Waals surface area contributed by atoms with E-state index in [-0.39, 0.29) is 5.96 Å². The molecule has 2 aromatic carbocycles. The number of ether oxygens (including phenoxy) is 2. The Bertz CT molecular complexity index is 876. The molecule has 0 unspecified atom stereocenters. The van der Waals surface area contributed by atoms with Crippen LogP contribution in [0.4, 0.5) is 13.2 Å². The lowest BCUT2D eigenvalue weighted by molar-refractivity contribution is -0.137. The standard InChI is InChI=1S/C23H28F3N3O2/c1-30-20-7-5-17(6-8-20)9-12-28-21(27)29-16-22(10-13-31-14-11-22)18-3-2-4-19(15-18)23(24,25)26/h2-8,15H,9-14,16H2,1H3,(H3,27,28,29). The first kappa shape index (κ1) is 22.9. The fourth-order valence-electron chi connectivity index (χ4n) is 3.75. The van der Waals surface area contributed by atoms with Crippen molar-refractivity contribution in [3.05, 3.63) is 65.2 Å².